The molecule has 0 heterocycles. The minimum atomic E-state index is -4.79. The van der Waals surface area contributed by atoms with E-state index in [-0.39, 0.29) is 18.9 Å². The molecule has 1 amide bonds. The lowest BCUT2D eigenvalue weighted by molar-refractivity contribution is -0.120. The van der Waals surface area contributed by atoms with Gasteiger partial charge in [-0.05, 0) is 13.5 Å². The van der Waals surface area contributed by atoms with Crippen LogP contribution in [0.2, 0.25) is 0 Å². The molecule has 13 heavy (non-hydrogen) atoms. The van der Waals surface area contributed by atoms with E-state index in [2.05, 4.69) is 5.32 Å². The second kappa shape index (κ2) is 5.11. The van der Waals surface area contributed by atoms with Gasteiger partial charge in [0.2, 0.25) is 5.91 Å². The maximum atomic E-state index is 11.8. The van der Waals surface area contributed by atoms with Crippen LogP contribution in [0.15, 0.2) is 0 Å². The number of hydrogen-bond donors (Lipinski definition) is 1. The van der Waals surface area contributed by atoms with E-state index in [0.29, 0.717) is 0 Å². The van der Waals surface area contributed by atoms with Crippen LogP contribution in [0.3, 0.4) is 0 Å². The van der Waals surface area contributed by atoms with Crippen molar-refractivity contribution >= 4 is 12.9 Å². The third-order valence-electron chi connectivity index (χ3n) is 1.52. The SMILES string of the molecule is CNC(=O)CCN(C)C[B-](F)(F)F. The number of carbonyl (C=O) groups excluding carboxylic acids is 1. The second-order valence-electron chi connectivity index (χ2n) is 2.90. The molecule has 7 heteroatoms. The zero-order valence-corrected chi connectivity index (χ0v) is 7.69. The fourth-order valence-electron chi connectivity index (χ4n) is 0.862. The maximum absolute atomic E-state index is 11.8. The summed E-state index contributed by atoms with van der Waals surface area (Å²) in [5.74, 6) is -0.249. The van der Waals surface area contributed by atoms with E-state index in [9.17, 15) is 17.7 Å². The molecule has 0 saturated heterocycles. The molecular weight excluding hydrogens is 184 g/mol. The lowest BCUT2D eigenvalue weighted by Gasteiger charge is -2.22. The molecule has 1 N–H and O–H groups in total. The molecule has 78 valence electrons. The Morgan fingerprint density at radius 1 is 1.46 bits per heavy atom. The highest BCUT2D eigenvalue weighted by Crippen LogP contribution is 2.09. The smallest absolute Gasteiger partial charge is 0.448 e. The van der Waals surface area contributed by atoms with Crippen LogP contribution in [0.4, 0.5) is 12.9 Å². The summed E-state index contributed by atoms with van der Waals surface area (Å²) in [6, 6.07) is 0. The first-order valence-corrected chi connectivity index (χ1v) is 3.95. The Balaban J connectivity index is 3.63. The monoisotopic (exact) mass is 197 g/mol. The van der Waals surface area contributed by atoms with Crippen molar-refractivity contribution < 1.29 is 17.7 Å². The normalized spacial score (nSPS) is 11.8. The number of hydrogen-bond acceptors (Lipinski definition) is 2. The van der Waals surface area contributed by atoms with E-state index in [0.717, 1.165) is 4.90 Å². The molecule has 0 rings (SSSR count). The standard InChI is InChI=1S/C6H13BF3N2O/c1-11-6(13)3-4-12(2)5-7(8,9)10/h3-5H2,1-2H3,(H,11,13)/q-1. The Kier molecular flexibility index (Phi) is 4.83. The number of carbonyl (C=O) groups is 1. The summed E-state index contributed by atoms with van der Waals surface area (Å²) >= 11 is 0. The number of halogens is 3. The molecule has 3 nitrogen and oxygen atoms in total. The Labute approximate surface area is 75.3 Å². The van der Waals surface area contributed by atoms with Crippen molar-refractivity contribution in [1.82, 2.24) is 10.2 Å². The predicted molar refractivity (Wildman–Crippen MR) is 45.3 cm³/mol. The Hall–Kier alpha value is -0.715. The maximum Gasteiger partial charge on any atom is 0.492 e. The van der Waals surface area contributed by atoms with Gasteiger partial charge in [0.25, 0.3) is 0 Å². The summed E-state index contributed by atoms with van der Waals surface area (Å²) in [5, 5.41) is 2.34. The summed E-state index contributed by atoms with van der Waals surface area (Å²) in [4.78, 5) is 11.8. The zero-order chi connectivity index (χ0) is 10.5. The number of amides is 1. The summed E-state index contributed by atoms with van der Waals surface area (Å²) < 4.78 is 35.5. The van der Waals surface area contributed by atoms with Gasteiger partial charge < -0.3 is 23.2 Å². The van der Waals surface area contributed by atoms with Crippen LogP contribution in [0.25, 0.3) is 0 Å². The first kappa shape index (κ1) is 12.3. The van der Waals surface area contributed by atoms with Gasteiger partial charge in [-0.1, -0.05) is 0 Å². The Morgan fingerprint density at radius 3 is 2.38 bits per heavy atom. The predicted octanol–water partition coefficient (Wildman–Crippen LogP) is 0.441. The minimum Gasteiger partial charge on any atom is -0.448 e. The van der Waals surface area contributed by atoms with E-state index < -0.39 is 13.4 Å². The van der Waals surface area contributed by atoms with E-state index in [4.69, 9.17) is 0 Å². The third kappa shape index (κ3) is 7.64. The summed E-state index contributed by atoms with van der Waals surface area (Å²) in [7, 11) is 2.80. The average Bonchev–Trinajstić information content (AvgIpc) is 1.97. The molecule has 0 spiro atoms. The van der Waals surface area contributed by atoms with E-state index in [1.54, 1.807) is 0 Å². The van der Waals surface area contributed by atoms with Crippen LogP contribution in [-0.4, -0.2) is 44.9 Å². The van der Waals surface area contributed by atoms with E-state index in [1.165, 1.54) is 14.1 Å². The van der Waals surface area contributed by atoms with Crippen molar-refractivity contribution in [1.29, 1.82) is 0 Å². The van der Waals surface area contributed by atoms with Crippen molar-refractivity contribution in [3.05, 3.63) is 0 Å². The fourth-order valence-corrected chi connectivity index (χ4v) is 0.862. The quantitative estimate of drug-likeness (QED) is 0.648. The largest absolute Gasteiger partial charge is 0.492 e. The van der Waals surface area contributed by atoms with Crippen molar-refractivity contribution in [2.24, 2.45) is 0 Å². The molecule has 0 aliphatic rings. The van der Waals surface area contributed by atoms with Crippen LogP contribution >= 0.6 is 0 Å². The topological polar surface area (TPSA) is 32.3 Å². The van der Waals surface area contributed by atoms with Gasteiger partial charge in [0.1, 0.15) is 0 Å². The molecule has 0 unspecified atom stereocenters. The van der Waals surface area contributed by atoms with E-state index in [1.807, 2.05) is 0 Å². The molecule has 0 bridgehead atoms. The van der Waals surface area contributed by atoms with Gasteiger partial charge in [-0.3, -0.25) is 4.79 Å². The van der Waals surface area contributed by atoms with Crippen molar-refractivity contribution in [3.8, 4) is 0 Å². The molecule has 0 fully saturated rings. The van der Waals surface area contributed by atoms with Gasteiger partial charge in [0.05, 0.1) is 0 Å². The van der Waals surface area contributed by atoms with Gasteiger partial charge in [-0.25, -0.2) is 0 Å². The second-order valence-corrected chi connectivity index (χ2v) is 2.90. The number of nitrogens with one attached hydrogen (secondary N) is 1. The summed E-state index contributed by atoms with van der Waals surface area (Å²) in [6.07, 6.45) is -0.823. The molecule has 0 aliphatic heterocycles. The third-order valence-corrected chi connectivity index (χ3v) is 1.52. The lowest BCUT2D eigenvalue weighted by atomic mass is 9.91. The van der Waals surface area contributed by atoms with Gasteiger partial charge in [0, 0.05) is 20.0 Å². The molecule has 0 aromatic carbocycles. The van der Waals surface area contributed by atoms with Gasteiger partial charge in [-0.15, -0.1) is 0 Å². The van der Waals surface area contributed by atoms with Crippen molar-refractivity contribution in [2.75, 3.05) is 27.1 Å². The van der Waals surface area contributed by atoms with Crippen LogP contribution in [0.5, 0.6) is 0 Å². The highest BCUT2D eigenvalue weighted by molar-refractivity contribution is 6.58. The molecule has 0 atom stereocenters. The van der Waals surface area contributed by atoms with E-state index >= 15 is 0 Å². The minimum absolute atomic E-state index is 0.0964. The molecule has 0 aliphatic carbocycles. The number of nitrogens with zero attached hydrogens (tertiary/aromatic N) is 1. The molecular formula is C6H13BF3N2O-. The first-order valence-electron chi connectivity index (χ1n) is 3.95. The van der Waals surface area contributed by atoms with Crippen LogP contribution in [0, 0.1) is 0 Å². The van der Waals surface area contributed by atoms with Gasteiger partial charge in [0.15, 0.2) is 0 Å². The molecule has 0 aromatic rings. The molecule has 0 aromatic heterocycles. The number of rotatable bonds is 5. The first-order chi connectivity index (χ1) is 5.85. The highest BCUT2D eigenvalue weighted by atomic mass is 19.4. The summed E-state index contributed by atoms with van der Waals surface area (Å²) in [6.45, 7) is -4.66. The Morgan fingerprint density at radius 2 is 2.00 bits per heavy atom. The van der Waals surface area contributed by atoms with Crippen LogP contribution in [0.1, 0.15) is 6.42 Å². The van der Waals surface area contributed by atoms with Crippen LogP contribution in [-0.2, 0) is 4.79 Å². The van der Waals surface area contributed by atoms with Gasteiger partial charge >= 0.3 is 6.98 Å². The fraction of sp³-hybridized carbons (Fsp3) is 0.833. The zero-order valence-electron chi connectivity index (χ0n) is 7.69. The average molecular weight is 197 g/mol. The highest BCUT2D eigenvalue weighted by Gasteiger charge is 2.24. The molecule has 0 saturated carbocycles. The molecule has 0 radical (unpaired) electrons. The van der Waals surface area contributed by atoms with Crippen LogP contribution < -0.4 is 5.32 Å². The Bertz CT molecular complexity index is 174. The summed E-state index contributed by atoms with van der Waals surface area (Å²) in [5.41, 5.74) is 0. The van der Waals surface area contributed by atoms with Crippen molar-refractivity contribution in [2.45, 2.75) is 6.42 Å². The van der Waals surface area contributed by atoms with Crippen molar-refractivity contribution in [3.63, 3.8) is 0 Å². The van der Waals surface area contributed by atoms with Gasteiger partial charge in [-0.2, -0.15) is 0 Å². The lowest BCUT2D eigenvalue weighted by Crippen LogP contribution is -2.37.